The van der Waals surface area contributed by atoms with Gasteiger partial charge in [-0.2, -0.15) is 0 Å². The maximum atomic E-state index is 11.9. The zero-order valence-corrected chi connectivity index (χ0v) is 11.9. The molecule has 6 nitrogen and oxygen atoms in total. The van der Waals surface area contributed by atoms with Gasteiger partial charge in [-0.1, -0.05) is 18.2 Å². The number of hydrogen-bond acceptors (Lipinski definition) is 4. The van der Waals surface area contributed by atoms with E-state index in [4.69, 9.17) is 9.47 Å². The SMILES string of the molecule is CN1C(=O)COc2ccc(NC(=O)Oc3ccccc3)cc21. The second-order valence-corrected chi connectivity index (χ2v) is 4.75. The molecule has 0 radical (unpaired) electrons. The minimum Gasteiger partial charge on any atom is -0.482 e. The minimum atomic E-state index is -0.600. The van der Waals surface area contributed by atoms with Crippen LogP contribution >= 0.6 is 0 Å². The first kappa shape index (κ1) is 13.9. The van der Waals surface area contributed by atoms with Crippen LogP contribution in [-0.4, -0.2) is 25.7 Å². The average Bonchev–Trinajstić information content (AvgIpc) is 2.52. The summed E-state index contributed by atoms with van der Waals surface area (Å²) in [5.41, 5.74) is 1.12. The number of carbonyl (C=O) groups excluding carboxylic acids is 2. The summed E-state index contributed by atoms with van der Waals surface area (Å²) in [7, 11) is 1.66. The Labute approximate surface area is 127 Å². The average molecular weight is 298 g/mol. The van der Waals surface area contributed by atoms with E-state index in [1.54, 1.807) is 49.5 Å². The molecule has 1 aliphatic rings. The zero-order valence-electron chi connectivity index (χ0n) is 11.9. The Balaban J connectivity index is 1.73. The van der Waals surface area contributed by atoms with Crippen molar-refractivity contribution in [1.29, 1.82) is 0 Å². The van der Waals surface area contributed by atoms with Crippen LogP contribution in [0.15, 0.2) is 48.5 Å². The normalized spacial score (nSPS) is 13.1. The number of amides is 2. The molecule has 1 aliphatic heterocycles. The summed E-state index contributed by atoms with van der Waals surface area (Å²) in [6, 6.07) is 13.8. The number of rotatable bonds is 2. The van der Waals surface area contributed by atoms with Gasteiger partial charge in [0, 0.05) is 12.7 Å². The van der Waals surface area contributed by atoms with Crippen molar-refractivity contribution in [3.63, 3.8) is 0 Å². The molecule has 6 heteroatoms. The van der Waals surface area contributed by atoms with Crippen molar-refractivity contribution in [3.8, 4) is 11.5 Å². The summed E-state index contributed by atoms with van der Waals surface area (Å²) in [6.07, 6.45) is -0.600. The number of benzene rings is 2. The summed E-state index contributed by atoms with van der Waals surface area (Å²) < 4.78 is 10.5. The van der Waals surface area contributed by atoms with E-state index in [1.165, 1.54) is 4.90 Å². The van der Waals surface area contributed by atoms with Crippen LogP contribution in [0, 0.1) is 0 Å². The number of nitrogens with one attached hydrogen (secondary N) is 1. The number of anilines is 2. The molecule has 0 unspecified atom stereocenters. The van der Waals surface area contributed by atoms with Crippen LogP contribution in [0.25, 0.3) is 0 Å². The third-order valence-corrected chi connectivity index (χ3v) is 3.25. The van der Waals surface area contributed by atoms with Gasteiger partial charge >= 0.3 is 6.09 Å². The fraction of sp³-hybridized carbons (Fsp3) is 0.125. The number of ether oxygens (including phenoxy) is 2. The Morgan fingerprint density at radius 1 is 1.23 bits per heavy atom. The summed E-state index contributed by atoms with van der Waals surface area (Å²) in [6.45, 7) is 0.0202. The first-order valence-corrected chi connectivity index (χ1v) is 6.71. The van der Waals surface area contributed by atoms with Crippen molar-refractivity contribution in [3.05, 3.63) is 48.5 Å². The molecular weight excluding hydrogens is 284 g/mol. The molecule has 0 aliphatic carbocycles. The molecule has 0 spiro atoms. The highest BCUT2D eigenvalue weighted by molar-refractivity contribution is 5.98. The fourth-order valence-electron chi connectivity index (χ4n) is 2.09. The topological polar surface area (TPSA) is 67.9 Å². The molecule has 1 N–H and O–H groups in total. The van der Waals surface area contributed by atoms with E-state index in [0.717, 1.165) is 0 Å². The lowest BCUT2D eigenvalue weighted by Crippen LogP contribution is -2.35. The number of hydrogen-bond donors (Lipinski definition) is 1. The molecule has 3 rings (SSSR count). The van der Waals surface area contributed by atoms with Crippen LogP contribution in [0.4, 0.5) is 16.2 Å². The van der Waals surface area contributed by atoms with Crippen LogP contribution in [0.2, 0.25) is 0 Å². The molecule has 0 saturated heterocycles. The van der Waals surface area contributed by atoms with Gasteiger partial charge in [-0.25, -0.2) is 4.79 Å². The van der Waals surface area contributed by atoms with Gasteiger partial charge in [-0.05, 0) is 30.3 Å². The molecule has 0 fully saturated rings. The van der Waals surface area contributed by atoms with E-state index in [-0.39, 0.29) is 12.5 Å². The Morgan fingerprint density at radius 3 is 2.77 bits per heavy atom. The molecule has 1 heterocycles. The molecule has 112 valence electrons. The van der Waals surface area contributed by atoms with Gasteiger partial charge in [0.25, 0.3) is 5.91 Å². The van der Waals surface area contributed by atoms with Crippen molar-refractivity contribution in [2.24, 2.45) is 0 Å². The van der Waals surface area contributed by atoms with Crippen molar-refractivity contribution in [1.82, 2.24) is 0 Å². The third-order valence-electron chi connectivity index (χ3n) is 3.25. The van der Waals surface area contributed by atoms with Crippen molar-refractivity contribution < 1.29 is 19.1 Å². The Bertz CT molecular complexity index is 715. The van der Waals surface area contributed by atoms with E-state index in [2.05, 4.69) is 5.32 Å². The van der Waals surface area contributed by atoms with E-state index in [0.29, 0.717) is 22.9 Å². The lowest BCUT2D eigenvalue weighted by atomic mass is 10.2. The number of carbonyl (C=O) groups is 2. The lowest BCUT2D eigenvalue weighted by molar-refractivity contribution is -0.120. The highest BCUT2D eigenvalue weighted by Gasteiger charge is 2.22. The van der Waals surface area contributed by atoms with Crippen LogP contribution in [0.5, 0.6) is 11.5 Å². The first-order chi connectivity index (χ1) is 10.6. The summed E-state index contributed by atoms with van der Waals surface area (Å²) >= 11 is 0. The van der Waals surface area contributed by atoms with Crippen LogP contribution in [-0.2, 0) is 4.79 Å². The van der Waals surface area contributed by atoms with Gasteiger partial charge in [0.15, 0.2) is 6.61 Å². The quantitative estimate of drug-likeness (QED) is 0.925. The maximum Gasteiger partial charge on any atom is 0.417 e. The van der Waals surface area contributed by atoms with Gasteiger partial charge in [0.2, 0.25) is 0 Å². The summed E-state index contributed by atoms with van der Waals surface area (Å²) in [5.74, 6) is 0.911. The first-order valence-electron chi connectivity index (χ1n) is 6.71. The Kier molecular flexibility index (Phi) is 3.65. The second-order valence-electron chi connectivity index (χ2n) is 4.75. The number of para-hydroxylation sites is 1. The number of nitrogens with zero attached hydrogens (tertiary/aromatic N) is 1. The van der Waals surface area contributed by atoms with Crippen LogP contribution in [0.3, 0.4) is 0 Å². The number of fused-ring (bicyclic) bond motifs is 1. The number of likely N-dealkylation sites (N-methyl/N-ethyl adjacent to an activating group) is 1. The molecule has 22 heavy (non-hydrogen) atoms. The molecular formula is C16H14N2O4. The predicted octanol–water partition coefficient (Wildman–Crippen LogP) is 2.65. The maximum absolute atomic E-state index is 11.9. The van der Waals surface area contributed by atoms with E-state index < -0.39 is 6.09 Å². The Morgan fingerprint density at radius 2 is 2.00 bits per heavy atom. The monoisotopic (exact) mass is 298 g/mol. The van der Waals surface area contributed by atoms with E-state index in [1.807, 2.05) is 6.07 Å². The second kappa shape index (κ2) is 5.77. The molecule has 0 saturated carbocycles. The lowest BCUT2D eigenvalue weighted by Gasteiger charge is -2.26. The summed E-state index contributed by atoms with van der Waals surface area (Å²) in [4.78, 5) is 25.0. The minimum absolute atomic E-state index is 0.0202. The largest absolute Gasteiger partial charge is 0.482 e. The molecule has 0 bridgehead atoms. The smallest absolute Gasteiger partial charge is 0.417 e. The van der Waals surface area contributed by atoms with Gasteiger partial charge in [-0.15, -0.1) is 0 Å². The molecule has 2 aromatic rings. The molecule has 0 aromatic heterocycles. The zero-order chi connectivity index (χ0) is 15.5. The van der Waals surface area contributed by atoms with Gasteiger partial charge in [0.05, 0.1) is 5.69 Å². The van der Waals surface area contributed by atoms with Crippen LogP contribution < -0.4 is 19.7 Å². The van der Waals surface area contributed by atoms with Crippen molar-refractivity contribution >= 4 is 23.4 Å². The molecule has 2 amide bonds. The Hall–Kier alpha value is -3.02. The van der Waals surface area contributed by atoms with Crippen LogP contribution in [0.1, 0.15) is 0 Å². The summed E-state index contributed by atoms with van der Waals surface area (Å²) in [5, 5.41) is 2.62. The third kappa shape index (κ3) is 2.85. The standard InChI is InChI=1S/C16H14N2O4/c1-18-13-9-11(7-8-14(13)21-10-15(18)19)17-16(20)22-12-5-3-2-4-6-12/h2-9H,10H2,1H3,(H,17,20). The highest BCUT2D eigenvalue weighted by atomic mass is 16.6. The predicted molar refractivity (Wildman–Crippen MR) is 81.4 cm³/mol. The molecule has 2 aromatic carbocycles. The van der Waals surface area contributed by atoms with E-state index >= 15 is 0 Å². The van der Waals surface area contributed by atoms with Gasteiger partial charge in [0.1, 0.15) is 11.5 Å². The van der Waals surface area contributed by atoms with Crippen molar-refractivity contribution in [2.75, 3.05) is 23.9 Å². The highest BCUT2D eigenvalue weighted by Crippen LogP contribution is 2.33. The fourth-order valence-corrected chi connectivity index (χ4v) is 2.09. The van der Waals surface area contributed by atoms with Gasteiger partial charge < -0.3 is 14.4 Å². The van der Waals surface area contributed by atoms with Gasteiger partial charge in [-0.3, -0.25) is 10.1 Å². The van der Waals surface area contributed by atoms with E-state index in [9.17, 15) is 9.59 Å². The van der Waals surface area contributed by atoms with Crippen molar-refractivity contribution in [2.45, 2.75) is 0 Å². The molecule has 0 atom stereocenters.